The smallest absolute Gasteiger partial charge is 0.122 e. The van der Waals surface area contributed by atoms with E-state index in [4.69, 9.17) is 4.74 Å². The van der Waals surface area contributed by atoms with E-state index in [1.807, 2.05) is 7.05 Å². The molecule has 0 saturated heterocycles. The molecule has 0 aliphatic rings. The molecule has 2 nitrogen and oxygen atoms in total. The lowest BCUT2D eigenvalue weighted by atomic mass is 9.92. The quantitative estimate of drug-likeness (QED) is 0.825. The molecule has 0 saturated carbocycles. The molecule has 0 radical (unpaired) electrons. The van der Waals surface area contributed by atoms with Crippen LogP contribution in [0.4, 0.5) is 0 Å². The summed E-state index contributed by atoms with van der Waals surface area (Å²) in [6.07, 6.45) is 1.12. The molecular formula is C14H23NO. The van der Waals surface area contributed by atoms with E-state index in [2.05, 4.69) is 44.3 Å². The maximum atomic E-state index is 5.42. The first-order chi connectivity index (χ1) is 7.58. The number of rotatable bonds is 5. The molecule has 0 amide bonds. The second-order valence-electron chi connectivity index (χ2n) is 4.57. The van der Waals surface area contributed by atoms with Crippen LogP contribution in [0.1, 0.15) is 37.3 Å². The SMILES string of the molecule is CNC(C)CC(C)c1cc(C)ccc1OC. The van der Waals surface area contributed by atoms with Crippen molar-refractivity contribution in [2.24, 2.45) is 0 Å². The lowest BCUT2D eigenvalue weighted by molar-refractivity contribution is 0.401. The van der Waals surface area contributed by atoms with Crippen molar-refractivity contribution in [3.63, 3.8) is 0 Å². The zero-order chi connectivity index (χ0) is 12.1. The third kappa shape index (κ3) is 3.24. The second-order valence-corrected chi connectivity index (χ2v) is 4.57. The van der Waals surface area contributed by atoms with E-state index in [0.717, 1.165) is 12.2 Å². The van der Waals surface area contributed by atoms with Crippen LogP contribution in [0.25, 0.3) is 0 Å². The van der Waals surface area contributed by atoms with Crippen LogP contribution >= 0.6 is 0 Å². The van der Waals surface area contributed by atoms with E-state index in [1.54, 1.807) is 7.11 Å². The van der Waals surface area contributed by atoms with Crippen LogP contribution in [-0.2, 0) is 0 Å². The molecule has 0 bridgehead atoms. The standard InChI is InChI=1S/C14H23NO/c1-10-6-7-14(16-5)13(8-10)11(2)9-12(3)15-4/h6-8,11-12,15H,9H2,1-5H3. The van der Waals surface area contributed by atoms with Gasteiger partial charge in [0, 0.05) is 6.04 Å². The predicted octanol–water partition coefficient (Wildman–Crippen LogP) is 3.11. The van der Waals surface area contributed by atoms with Gasteiger partial charge < -0.3 is 10.1 Å². The van der Waals surface area contributed by atoms with Gasteiger partial charge in [0.2, 0.25) is 0 Å². The monoisotopic (exact) mass is 221 g/mol. The summed E-state index contributed by atoms with van der Waals surface area (Å²) in [5.41, 5.74) is 2.60. The minimum atomic E-state index is 0.511. The van der Waals surface area contributed by atoms with Gasteiger partial charge in [-0.05, 0) is 44.9 Å². The number of hydrogen-bond donors (Lipinski definition) is 1. The van der Waals surface area contributed by atoms with E-state index in [-0.39, 0.29) is 0 Å². The minimum absolute atomic E-state index is 0.511. The van der Waals surface area contributed by atoms with Crippen LogP contribution in [0.2, 0.25) is 0 Å². The van der Waals surface area contributed by atoms with Crippen molar-refractivity contribution in [1.82, 2.24) is 5.32 Å². The highest BCUT2D eigenvalue weighted by Gasteiger charge is 2.14. The highest BCUT2D eigenvalue weighted by Crippen LogP contribution is 2.30. The lowest BCUT2D eigenvalue weighted by Gasteiger charge is -2.19. The topological polar surface area (TPSA) is 21.3 Å². The van der Waals surface area contributed by atoms with E-state index >= 15 is 0 Å². The molecule has 0 aromatic heterocycles. The Balaban J connectivity index is 2.88. The fraction of sp³-hybridized carbons (Fsp3) is 0.571. The molecule has 1 rings (SSSR count). The van der Waals surface area contributed by atoms with Crippen LogP contribution in [-0.4, -0.2) is 20.2 Å². The van der Waals surface area contributed by atoms with Gasteiger partial charge in [-0.25, -0.2) is 0 Å². The fourth-order valence-electron chi connectivity index (χ4n) is 2.01. The van der Waals surface area contributed by atoms with Gasteiger partial charge in [-0.3, -0.25) is 0 Å². The molecule has 1 N–H and O–H groups in total. The molecule has 0 aliphatic carbocycles. The van der Waals surface area contributed by atoms with Crippen LogP contribution in [0.15, 0.2) is 18.2 Å². The van der Waals surface area contributed by atoms with Crippen molar-refractivity contribution in [2.45, 2.75) is 39.2 Å². The maximum Gasteiger partial charge on any atom is 0.122 e. The average Bonchev–Trinajstić information content (AvgIpc) is 2.28. The summed E-state index contributed by atoms with van der Waals surface area (Å²) < 4.78 is 5.42. The first-order valence-electron chi connectivity index (χ1n) is 5.90. The Kier molecular flexibility index (Phi) is 4.81. The first-order valence-corrected chi connectivity index (χ1v) is 5.90. The number of methoxy groups -OCH3 is 1. The summed E-state index contributed by atoms with van der Waals surface area (Å²) in [6.45, 7) is 6.58. The largest absolute Gasteiger partial charge is 0.496 e. The summed E-state index contributed by atoms with van der Waals surface area (Å²) in [5.74, 6) is 1.51. The molecule has 90 valence electrons. The zero-order valence-electron chi connectivity index (χ0n) is 11.0. The van der Waals surface area contributed by atoms with Crippen molar-refractivity contribution in [3.8, 4) is 5.75 Å². The second kappa shape index (κ2) is 5.90. The summed E-state index contributed by atoms with van der Waals surface area (Å²) in [4.78, 5) is 0. The number of nitrogens with one attached hydrogen (secondary N) is 1. The fourth-order valence-corrected chi connectivity index (χ4v) is 2.01. The Morgan fingerprint density at radius 1 is 1.31 bits per heavy atom. The van der Waals surface area contributed by atoms with Gasteiger partial charge in [-0.2, -0.15) is 0 Å². The molecule has 1 aromatic carbocycles. The van der Waals surface area contributed by atoms with Crippen LogP contribution in [0.5, 0.6) is 5.75 Å². The summed E-state index contributed by atoms with van der Waals surface area (Å²) in [5, 5.41) is 3.28. The highest BCUT2D eigenvalue weighted by molar-refractivity contribution is 5.39. The van der Waals surface area contributed by atoms with Crippen LogP contribution in [0, 0.1) is 6.92 Å². The zero-order valence-corrected chi connectivity index (χ0v) is 11.0. The van der Waals surface area contributed by atoms with E-state index in [0.29, 0.717) is 12.0 Å². The molecule has 1 aromatic rings. The van der Waals surface area contributed by atoms with Gasteiger partial charge in [0.1, 0.15) is 5.75 Å². The molecule has 0 aliphatic heterocycles. The van der Waals surface area contributed by atoms with Gasteiger partial charge >= 0.3 is 0 Å². The van der Waals surface area contributed by atoms with Crippen molar-refractivity contribution < 1.29 is 4.74 Å². The first kappa shape index (κ1) is 13.0. The minimum Gasteiger partial charge on any atom is -0.496 e. The van der Waals surface area contributed by atoms with E-state index in [9.17, 15) is 0 Å². The summed E-state index contributed by atoms with van der Waals surface area (Å²) in [6, 6.07) is 6.91. The molecule has 2 atom stereocenters. The van der Waals surface area contributed by atoms with Gasteiger partial charge in [-0.15, -0.1) is 0 Å². The average molecular weight is 221 g/mol. The molecular weight excluding hydrogens is 198 g/mol. The number of ether oxygens (including phenoxy) is 1. The molecule has 0 fully saturated rings. The Hall–Kier alpha value is -1.02. The van der Waals surface area contributed by atoms with E-state index in [1.165, 1.54) is 11.1 Å². The third-order valence-corrected chi connectivity index (χ3v) is 3.12. The maximum absolute atomic E-state index is 5.42. The normalized spacial score (nSPS) is 14.6. The molecule has 0 heterocycles. The Morgan fingerprint density at radius 3 is 2.56 bits per heavy atom. The van der Waals surface area contributed by atoms with Gasteiger partial charge in [0.05, 0.1) is 7.11 Å². The Bertz CT molecular complexity index is 336. The van der Waals surface area contributed by atoms with Crippen LogP contribution in [0.3, 0.4) is 0 Å². The Labute approximate surface area is 99.0 Å². The molecule has 2 unspecified atom stereocenters. The summed E-state index contributed by atoms with van der Waals surface area (Å²) in [7, 11) is 3.74. The van der Waals surface area contributed by atoms with E-state index < -0.39 is 0 Å². The van der Waals surface area contributed by atoms with Crippen molar-refractivity contribution in [1.29, 1.82) is 0 Å². The highest BCUT2D eigenvalue weighted by atomic mass is 16.5. The van der Waals surface area contributed by atoms with Gasteiger partial charge in [0.15, 0.2) is 0 Å². The number of hydrogen-bond acceptors (Lipinski definition) is 2. The third-order valence-electron chi connectivity index (χ3n) is 3.12. The molecule has 2 heteroatoms. The van der Waals surface area contributed by atoms with Crippen molar-refractivity contribution in [2.75, 3.05) is 14.2 Å². The molecule has 16 heavy (non-hydrogen) atoms. The lowest BCUT2D eigenvalue weighted by Crippen LogP contribution is -2.23. The van der Waals surface area contributed by atoms with Gasteiger partial charge in [-0.1, -0.05) is 24.6 Å². The number of benzene rings is 1. The summed E-state index contributed by atoms with van der Waals surface area (Å²) >= 11 is 0. The predicted molar refractivity (Wildman–Crippen MR) is 69.3 cm³/mol. The van der Waals surface area contributed by atoms with Crippen LogP contribution < -0.4 is 10.1 Å². The molecule has 0 spiro atoms. The number of aryl methyl sites for hydroxylation is 1. The van der Waals surface area contributed by atoms with Crippen molar-refractivity contribution in [3.05, 3.63) is 29.3 Å². The Morgan fingerprint density at radius 2 is 2.00 bits per heavy atom. The van der Waals surface area contributed by atoms with Gasteiger partial charge in [0.25, 0.3) is 0 Å². The van der Waals surface area contributed by atoms with Crippen molar-refractivity contribution >= 4 is 0 Å².